The Bertz CT molecular complexity index is 1380. The van der Waals surface area contributed by atoms with Crippen LogP contribution in [0.4, 0.5) is 0 Å². The Balaban J connectivity index is 1.45. The van der Waals surface area contributed by atoms with E-state index in [1.165, 1.54) is 6.26 Å². The van der Waals surface area contributed by atoms with Gasteiger partial charge in [0, 0.05) is 18.7 Å². The first-order valence-electron chi connectivity index (χ1n) is 11.1. The lowest BCUT2D eigenvalue weighted by atomic mass is 10.1. The number of nitrogens with zero attached hydrogens (tertiary/aromatic N) is 1. The van der Waals surface area contributed by atoms with E-state index in [1.807, 2.05) is 49.4 Å². The summed E-state index contributed by atoms with van der Waals surface area (Å²) in [7, 11) is 1.66. The molecule has 0 spiro atoms. The van der Waals surface area contributed by atoms with Crippen molar-refractivity contribution in [3.05, 3.63) is 88.3 Å². The number of para-hydroxylation sites is 3. The van der Waals surface area contributed by atoms with Crippen LogP contribution in [0.15, 0.2) is 76.1 Å². The summed E-state index contributed by atoms with van der Waals surface area (Å²) in [5.41, 5.74) is 2.13. The zero-order valence-corrected chi connectivity index (χ0v) is 19.1. The van der Waals surface area contributed by atoms with E-state index in [4.69, 9.17) is 23.4 Å². The second-order valence-electron chi connectivity index (χ2n) is 7.90. The zero-order chi connectivity index (χ0) is 23.5. The Labute approximate surface area is 197 Å². The lowest BCUT2D eigenvalue weighted by Gasteiger charge is -2.29. The van der Waals surface area contributed by atoms with Crippen molar-refractivity contribution in [3.63, 3.8) is 0 Å². The Morgan fingerprint density at radius 3 is 2.50 bits per heavy atom. The van der Waals surface area contributed by atoms with Crippen LogP contribution in [0.25, 0.3) is 11.0 Å². The van der Waals surface area contributed by atoms with E-state index in [2.05, 4.69) is 4.90 Å². The second-order valence-corrected chi connectivity index (χ2v) is 7.90. The third kappa shape index (κ3) is 4.18. The summed E-state index contributed by atoms with van der Waals surface area (Å²) in [6.07, 6.45) is 1.35. The van der Waals surface area contributed by atoms with Crippen molar-refractivity contribution in [2.24, 2.45) is 0 Å². The van der Waals surface area contributed by atoms with E-state index in [0.717, 1.165) is 16.9 Å². The molecule has 1 aliphatic heterocycles. The first-order chi connectivity index (χ1) is 16.7. The second kappa shape index (κ2) is 9.49. The monoisotopic (exact) mass is 459 g/mol. The van der Waals surface area contributed by atoms with Gasteiger partial charge in [0.25, 0.3) is 0 Å². The van der Waals surface area contributed by atoms with Crippen LogP contribution in [0.1, 0.15) is 18.1 Å². The van der Waals surface area contributed by atoms with Gasteiger partial charge in [-0.15, -0.1) is 0 Å². The highest BCUT2D eigenvalue weighted by molar-refractivity contribution is 5.83. The average molecular weight is 459 g/mol. The molecule has 0 bridgehead atoms. The van der Waals surface area contributed by atoms with E-state index in [-0.39, 0.29) is 11.2 Å². The molecule has 0 fully saturated rings. The maximum atomic E-state index is 13.2. The highest BCUT2D eigenvalue weighted by Crippen LogP contribution is 2.35. The Hall–Kier alpha value is -3.97. The predicted octanol–water partition coefficient (Wildman–Crippen LogP) is 5.34. The van der Waals surface area contributed by atoms with Gasteiger partial charge in [-0.1, -0.05) is 30.3 Å². The molecule has 0 radical (unpaired) electrons. The molecule has 3 aromatic carbocycles. The van der Waals surface area contributed by atoms with Gasteiger partial charge in [-0.25, -0.2) is 0 Å². The van der Waals surface area contributed by atoms with Crippen LogP contribution in [0.2, 0.25) is 0 Å². The molecule has 7 heteroatoms. The van der Waals surface area contributed by atoms with E-state index < -0.39 is 0 Å². The number of hydrogen-bond donors (Lipinski definition) is 0. The van der Waals surface area contributed by atoms with Crippen molar-refractivity contribution in [1.29, 1.82) is 0 Å². The van der Waals surface area contributed by atoms with Crippen LogP contribution < -0.4 is 24.4 Å². The van der Waals surface area contributed by atoms with Crippen LogP contribution >= 0.6 is 0 Å². The molecule has 174 valence electrons. The van der Waals surface area contributed by atoms with Crippen molar-refractivity contribution in [2.75, 3.05) is 20.4 Å². The number of rotatable bonds is 7. The maximum absolute atomic E-state index is 13.2. The van der Waals surface area contributed by atoms with Gasteiger partial charge in [0.15, 0.2) is 11.5 Å². The molecule has 5 rings (SSSR count). The molecule has 0 saturated carbocycles. The van der Waals surface area contributed by atoms with Crippen molar-refractivity contribution in [2.45, 2.75) is 20.0 Å². The van der Waals surface area contributed by atoms with Crippen LogP contribution in [0.3, 0.4) is 0 Å². The molecule has 2 heterocycles. The lowest BCUT2D eigenvalue weighted by molar-refractivity contribution is 0.0882. The molecular weight excluding hydrogens is 434 g/mol. The van der Waals surface area contributed by atoms with E-state index in [1.54, 1.807) is 25.3 Å². The molecular formula is C27H25NO6. The third-order valence-corrected chi connectivity index (χ3v) is 5.71. The fourth-order valence-electron chi connectivity index (χ4n) is 4.11. The summed E-state index contributed by atoms with van der Waals surface area (Å²) in [5, 5.41) is 0.438. The minimum absolute atomic E-state index is 0.0993. The minimum Gasteiger partial charge on any atom is -0.496 e. The molecule has 0 atom stereocenters. The summed E-state index contributed by atoms with van der Waals surface area (Å²) in [4.78, 5) is 15.4. The number of benzene rings is 3. The molecule has 1 aromatic heterocycles. The van der Waals surface area contributed by atoms with Crippen LogP contribution in [-0.4, -0.2) is 25.3 Å². The fourth-order valence-corrected chi connectivity index (χ4v) is 4.11. The highest BCUT2D eigenvalue weighted by Gasteiger charge is 2.24. The summed E-state index contributed by atoms with van der Waals surface area (Å²) >= 11 is 0. The molecule has 4 aromatic rings. The van der Waals surface area contributed by atoms with Gasteiger partial charge in [0.05, 0.1) is 24.7 Å². The summed E-state index contributed by atoms with van der Waals surface area (Å²) in [6.45, 7) is 4.02. The van der Waals surface area contributed by atoms with Crippen LogP contribution in [0.5, 0.6) is 28.7 Å². The van der Waals surface area contributed by atoms with Crippen LogP contribution in [0, 0.1) is 0 Å². The van der Waals surface area contributed by atoms with E-state index in [0.29, 0.717) is 54.6 Å². The molecule has 0 N–H and O–H groups in total. The SMILES string of the molecule is CCOc1ccccc1Oc1coc2c3c(ccc2c1=O)OCN(Cc1ccccc1OC)C3. The van der Waals surface area contributed by atoms with E-state index >= 15 is 0 Å². The van der Waals surface area contributed by atoms with Crippen LogP contribution in [-0.2, 0) is 13.1 Å². The zero-order valence-electron chi connectivity index (χ0n) is 19.1. The predicted molar refractivity (Wildman–Crippen MR) is 128 cm³/mol. The quantitative estimate of drug-likeness (QED) is 0.369. The maximum Gasteiger partial charge on any atom is 0.235 e. The third-order valence-electron chi connectivity index (χ3n) is 5.71. The van der Waals surface area contributed by atoms with Gasteiger partial charge < -0.3 is 23.4 Å². The molecule has 0 aliphatic carbocycles. The fraction of sp³-hybridized carbons (Fsp3) is 0.222. The Morgan fingerprint density at radius 1 is 0.941 bits per heavy atom. The summed E-state index contributed by atoms with van der Waals surface area (Å²) in [6, 6.07) is 18.7. The molecule has 1 aliphatic rings. The van der Waals surface area contributed by atoms with Gasteiger partial charge in [-0.05, 0) is 37.3 Å². The van der Waals surface area contributed by atoms with Crippen molar-refractivity contribution < 1.29 is 23.4 Å². The number of methoxy groups -OCH3 is 1. The first-order valence-corrected chi connectivity index (χ1v) is 11.1. The van der Waals surface area contributed by atoms with E-state index in [9.17, 15) is 4.79 Å². The topological polar surface area (TPSA) is 70.4 Å². The summed E-state index contributed by atoms with van der Waals surface area (Å²) < 4.78 is 28.9. The number of ether oxygens (including phenoxy) is 4. The number of fused-ring (bicyclic) bond motifs is 3. The highest BCUT2D eigenvalue weighted by atomic mass is 16.5. The lowest BCUT2D eigenvalue weighted by Crippen LogP contribution is -2.32. The van der Waals surface area contributed by atoms with Gasteiger partial charge >= 0.3 is 0 Å². The Kier molecular flexibility index (Phi) is 6.10. The normalized spacial score (nSPS) is 13.2. The largest absolute Gasteiger partial charge is 0.496 e. The molecule has 0 saturated heterocycles. The smallest absolute Gasteiger partial charge is 0.235 e. The molecule has 0 amide bonds. The molecule has 7 nitrogen and oxygen atoms in total. The molecule has 34 heavy (non-hydrogen) atoms. The standard InChI is InChI=1S/C27H25NO6/c1-3-31-23-10-6-7-11-24(23)34-25-16-32-27-19(26(25)29)12-13-22-20(27)15-28(17-33-22)14-18-8-4-5-9-21(18)30-2/h4-13,16H,3,14-15,17H2,1-2H3. The van der Waals surface area contributed by atoms with Crippen molar-refractivity contribution in [1.82, 2.24) is 4.90 Å². The van der Waals surface area contributed by atoms with Gasteiger partial charge in [0.1, 0.15) is 30.1 Å². The number of hydrogen-bond acceptors (Lipinski definition) is 7. The van der Waals surface area contributed by atoms with Gasteiger partial charge in [-0.3, -0.25) is 9.69 Å². The summed E-state index contributed by atoms with van der Waals surface area (Å²) in [5.74, 6) is 2.66. The minimum atomic E-state index is -0.253. The van der Waals surface area contributed by atoms with Crippen molar-refractivity contribution in [3.8, 4) is 28.7 Å². The molecule has 0 unspecified atom stereocenters. The van der Waals surface area contributed by atoms with Gasteiger partial charge in [0.2, 0.25) is 11.2 Å². The van der Waals surface area contributed by atoms with Crippen molar-refractivity contribution >= 4 is 11.0 Å². The average Bonchev–Trinajstić information content (AvgIpc) is 2.87. The Morgan fingerprint density at radius 2 is 1.71 bits per heavy atom. The first kappa shape index (κ1) is 21.9. The van der Waals surface area contributed by atoms with Gasteiger partial charge in [-0.2, -0.15) is 0 Å².